The third-order valence-electron chi connectivity index (χ3n) is 3.82. The maximum atomic E-state index is 14.4. The molecule has 1 atom stereocenters. The third kappa shape index (κ3) is 3.91. The van der Waals surface area contributed by atoms with E-state index in [1.807, 2.05) is 42.9 Å². The lowest BCUT2D eigenvalue weighted by Crippen LogP contribution is -2.24. The van der Waals surface area contributed by atoms with Crippen LogP contribution >= 0.6 is 0 Å². The van der Waals surface area contributed by atoms with Gasteiger partial charge in [0.1, 0.15) is 11.6 Å². The van der Waals surface area contributed by atoms with Crippen LogP contribution in [0, 0.1) is 12.7 Å². The highest BCUT2D eigenvalue weighted by Gasteiger charge is 2.17. The largest absolute Gasteiger partial charge is 0.338 e. The Bertz CT molecular complexity index is 577. The minimum atomic E-state index is -0.0917. The van der Waals surface area contributed by atoms with Gasteiger partial charge in [0.2, 0.25) is 0 Å². The van der Waals surface area contributed by atoms with Crippen molar-refractivity contribution >= 4 is 0 Å². The summed E-state index contributed by atoms with van der Waals surface area (Å²) in [6.45, 7) is 4.82. The Morgan fingerprint density at radius 2 is 2.19 bits per heavy atom. The van der Waals surface area contributed by atoms with Gasteiger partial charge in [-0.3, -0.25) is 0 Å². The van der Waals surface area contributed by atoms with Crippen LogP contribution in [-0.4, -0.2) is 16.1 Å². The van der Waals surface area contributed by atoms with Crippen molar-refractivity contribution in [3.05, 3.63) is 53.4 Å². The molecule has 0 saturated heterocycles. The van der Waals surface area contributed by atoms with Gasteiger partial charge in [-0.25, -0.2) is 9.37 Å². The van der Waals surface area contributed by atoms with Crippen LogP contribution < -0.4 is 5.32 Å². The van der Waals surface area contributed by atoms with Crippen LogP contribution in [0.15, 0.2) is 30.6 Å². The van der Waals surface area contributed by atoms with Gasteiger partial charge in [0.25, 0.3) is 0 Å². The van der Waals surface area contributed by atoms with Gasteiger partial charge in [-0.2, -0.15) is 0 Å². The highest BCUT2D eigenvalue weighted by Crippen LogP contribution is 2.23. The molecule has 21 heavy (non-hydrogen) atoms. The fraction of sp³-hybridized carbons (Fsp3) is 0.471. The zero-order chi connectivity index (χ0) is 15.2. The zero-order valence-electron chi connectivity index (χ0n) is 13.1. The molecule has 0 bridgehead atoms. The average Bonchev–Trinajstić information content (AvgIpc) is 2.88. The predicted octanol–water partition coefficient (Wildman–Crippen LogP) is 3.54. The summed E-state index contributed by atoms with van der Waals surface area (Å²) in [5, 5.41) is 3.46. The smallest absolute Gasteiger partial charge is 0.130 e. The summed E-state index contributed by atoms with van der Waals surface area (Å²) < 4.78 is 16.4. The van der Waals surface area contributed by atoms with Gasteiger partial charge >= 0.3 is 0 Å². The second kappa shape index (κ2) is 7.36. The average molecular weight is 289 g/mol. The second-order valence-corrected chi connectivity index (χ2v) is 5.48. The number of aromatic nitrogens is 2. The van der Waals surface area contributed by atoms with E-state index in [1.165, 1.54) is 0 Å². The molecule has 3 nitrogen and oxygen atoms in total. The summed E-state index contributed by atoms with van der Waals surface area (Å²) in [5.74, 6) is 0.942. The number of nitrogens with one attached hydrogen (secondary N) is 1. The van der Waals surface area contributed by atoms with Crippen LogP contribution in [0.5, 0.6) is 0 Å². The van der Waals surface area contributed by atoms with E-state index in [0.29, 0.717) is 5.56 Å². The summed E-state index contributed by atoms with van der Waals surface area (Å²) >= 11 is 0. The monoisotopic (exact) mass is 289 g/mol. The summed E-state index contributed by atoms with van der Waals surface area (Å²) in [6, 6.07) is 5.65. The van der Waals surface area contributed by atoms with E-state index in [4.69, 9.17) is 0 Å². The lowest BCUT2D eigenvalue weighted by Gasteiger charge is -2.20. The van der Waals surface area contributed by atoms with E-state index < -0.39 is 0 Å². The first-order valence-corrected chi connectivity index (χ1v) is 7.58. The Morgan fingerprint density at radius 1 is 1.38 bits per heavy atom. The number of hydrogen-bond donors (Lipinski definition) is 1. The Morgan fingerprint density at radius 3 is 2.86 bits per heavy atom. The van der Waals surface area contributed by atoms with Crippen LogP contribution in [-0.2, 0) is 13.5 Å². The first kappa shape index (κ1) is 15.7. The Kier molecular flexibility index (Phi) is 5.51. The highest BCUT2D eigenvalue weighted by molar-refractivity contribution is 5.27. The molecule has 0 aliphatic heterocycles. The lowest BCUT2D eigenvalue weighted by atomic mass is 9.99. The van der Waals surface area contributed by atoms with Gasteiger partial charge in [-0.1, -0.05) is 25.1 Å². The van der Waals surface area contributed by atoms with Gasteiger partial charge < -0.3 is 9.88 Å². The molecule has 1 unspecified atom stereocenters. The van der Waals surface area contributed by atoms with Crippen molar-refractivity contribution in [3.8, 4) is 0 Å². The Labute approximate surface area is 126 Å². The number of hydrogen-bond acceptors (Lipinski definition) is 2. The van der Waals surface area contributed by atoms with E-state index >= 15 is 0 Å². The molecule has 0 aliphatic rings. The molecule has 1 heterocycles. The Balaban J connectivity index is 2.14. The molecular weight excluding hydrogens is 265 g/mol. The number of aryl methyl sites for hydroxylation is 3. The van der Waals surface area contributed by atoms with E-state index in [-0.39, 0.29) is 11.9 Å². The predicted molar refractivity (Wildman–Crippen MR) is 83.7 cm³/mol. The van der Waals surface area contributed by atoms with Crippen LogP contribution in [0.4, 0.5) is 4.39 Å². The van der Waals surface area contributed by atoms with Crippen molar-refractivity contribution in [1.29, 1.82) is 0 Å². The number of imidazole rings is 1. The minimum absolute atomic E-state index is 0.0292. The van der Waals surface area contributed by atoms with Crippen molar-refractivity contribution in [2.24, 2.45) is 7.05 Å². The molecule has 0 amide bonds. The van der Waals surface area contributed by atoms with Crippen LogP contribution in [0.1, 0.15) is 42.8 Å². The van der Waals surface area contributed by atoms with Gasteiger partial charge in [-0.05, 0) is 31.9 Å². The zero-order valence-corrected chi connectivity index (χ0v) is 13.1. The van der Waals surface area contributed by atoms with Gasteiger partial charge in [0.05, 0.1) is 0 Å². The summed E-state index contributed by atoms with van der Waals surface area (Å²) in [7, 11) is 1.99. The molecule has 1 N–H and O–H groups in total. The molecule has 114 valence electrons. The number of halogens is 1. The SMILES string of the molecule is CCCNC(CCc1nccn1C)c1cccc(C)c1F. The fourth-order valence-corrected chi connectivity index (χ4v) is 2.54. The van der Waals surface area contributed by atoms with Crippen molar-refractivity contribution < 1.29 is 4.39 Å². The standard InChI is InChI=1S/C17H24FN3/c1-4-10-19-15(8-9-16-20-11-12-21(16)3)14-7-5-6-13(2)17(14)18/h5-7,11-12,15,19H,4,8-10H2,1-3H3. The van der Waals surface area contributed by atoms with E-state index in [9.17, 15) is 4.39 Å². The molecule has 2 rings (SSSR count). The maximum Gasteiger partial charge on any atom is 0.130 e. The topological polar surface area (TPSA) is 29.9 Å². The van der Waals surface area contributed by atoms with Crippen LogP contribution in [0.3, 0.4) is 0 Å². The Hall–Kier alpha value is -1.68. The number of benzene rings is 1. The molecular formula is C17H24FN3. The molecule has 0 spiro atoms. The van der Waals surface area contributed by atoms with Crippen LogP contribution in [0.2, 0.25) is 0 Å². The number of nitrogens with zero attached hydrogens (tertiary/aromatic N) is 2. The van der Waals surface area contributed by atoms with Crippen molar-refractivity contribution in [1.82, 2.24) is 14.9 Å². The first-order chi connectivity index (χ1) is 10.1. The molecule has 0 fully saturated rings. The van der Waals surface area contributed by atoms with Crippen molar-refractivity contribution in [3.63, 3.8) is 0 Å². The summed E-state index contributed by atoms with van der Waals surface area (Å²) in [5.41, 5.74) is 1.46. The molecule has 1 aromatic carbocycles. The van der Waals surface area contributed by atoms with Gasteiger partial charge in [0, 0.05) is 37.5 Å². The normalized spacial score (nSPS) is 12.6. The van der Waals surface area contributed by atoms with Crippen LogP contribution in [0.25, 0.3) is 0 Å². The van der Waals surface area contributed by atoms with E-state index in [1.54, 1.807) is 6.20 Å². The first-order valence-electron chi connectivity index (χ1n) is 7.58. The molecule has 0 aliphatic carbocycles. The minimum Gasteiger partial charge on any atom is -0.338 e. The second-order valence-electron chi connectivity index (χ2n) is 5.48. The van der Waals surface area contributed by atoms with Crippen molar-refractivity contribution in [2.75, 3.05) is 6.54 Å². The lowest BCUT2D eigenvalue weighted by molar-refractivity contribution is 0.466. The van der Waals surface area contributed by atoms with E-state index in [0.717, 1.165) is 37.2 Å². The molecule has 2 aromatic rings. The summed E-state index contributed by atoms with van der Waals surface area (Å²) in [6.07, 6.45) is 6.45. The molecule has 0 radical (unpaired) electrons. The molecule has 4 heteroatoms. The third-order valence-corrected chi connectivity index (χ3v) is 3.82. The van der Waals surface area contributed by atoms with Gasteiger partial charge in [0.15, 0.2) is 0 Å². The molecule has 0 saturated carbocycles. The fourth-order valence-electron chi connectivity index (χ4n) is 2.54. The van der Waals surface area contributed by atoms with Gasteiger partial charge in [-0.15, -0.1) is 0 Å². The summed E-state index contributed by atoms with van der Waals surface area (Å²) in [4.78, 5) is 4.34. The van der Waals surface area contributed by atoms with E-state index in [2.05, 4.69) is 17.2 Å². The maximum absolute atomic E-state index is 14.4. The number of rotatable bonds is 7. The van der Waals surface area contributed by atoms with Crippen molar-refractivity contribution in [2.45, 2.75) is 39.2 Å². The highest BCUT2D eigenvalue weighted by atomic mass is 19.1. The molecule has 1 aromatic heterocycles. The quantitative estimate of drug-likeness (QED) is 0.845.